The molecule has 2 aromatic heterocycles. The fourth-order valence-corrected chi connectivity index (χ4v) is 3.03. The van der Waals surface area contributed by atoms with Crippen LogP contribution in [0, 0.1) is 0 Å². The van der Waals surface area contributed by atoms with E-state index in [1.807, 2.05) is 5.38 Å². The van der Waals surface area contributed by atoms with E-state index in [-0.39, 0.29) is 5.16 Å². The topological polar surface area (TPSA) is 95.5 Å². The molecule has 0 radical (unpaired) electrons. The second-order valence-electron chi connectivity index (χ2n) is 3.90. The molecule has 0 fully saturated rings. The van der Waals surface area contributed by atoms with E-state index < -0.39 is 16.2 Å². The number of hydrogen-bond donors (Lipinski definition) is 2. The highest BCUT2D eigenvalue weighted by Gasteiger charge is 2.23. The fraction of sp³-hybridized carbons (Fsp3) is 0.300. The largest absolute Gasteiger partial charge is 0.381 e. The van der Waals surface area contributed by atoms with E-state index in [2.05, 4.69) is 14.3 Å². The van der Waals surface area contributed by atoms with Crippen LogP contribution in [-0.2, 0) is 14.4 Å². The number of imidazole rings is 1. The number of H-pyrrole nitrogens is 1. The standard InChI is InChI=1S/C10H13N3O4S2/c1-13(2)17-19(15,16)10-11-6-7(12-10)9(14)8-4-3-5-18-8/h3-6,9,14H,1-2H3,(H,11,12). The van der Waals surface area contributed by atoms with Crippen LogP contribution in [0.25, 0.3) is 0 Å². The first-order valence-corrected chi connectivity index (χ1v) is 7.57. The molecule has 1 atom stereocenters. The lowest BCUT2D eigenvalue weighted by atomic mass is 10.2. The van der Waals surface area contributed by atoms with E-state index >= 15 is 0 Å². The number of hydrogen-bond acceptors (Lipinski definition) is 7. The Morgan fingerprint density at radius 2 is 2.26 bits per heavy atom. The Hall–Kier alpha value is -1.26. The summed E-state index contributed by atoms with van der Waals surface area (Å²) in [4.78, 5) is 6.97. The molecule has 0 aliphatic carbocycles. The van der Waals surface area contributed by atoms with Gasteiger partial charge < -0.3 is 10.1 Å². The molecule has 2 rings (SSSR count). The molecule has 19 heavy (non-hydrogen) atoms. The number of aromatic amines is 1. The van der Waals surface area contributed by atoms with Crippen molar-refractivity contribution in [2.45, 2.75) is 11.3 Å². The zero-order valence-electron chi connectivity index (χ0n) is 10.3. The van der Waals surface area contributed by atoms with E-state index in [1.54, 1.807) is 12.1 Å². The minimum absolute atomic E-state index is 0.295. The van der Waals surface area contributed by atoms with Crippen molar-refractivity contribution >= 4 is 21.5 Å². The summed E-state index contributed by atoms with van der Waals surface area (Å²) in [5, 5.41) is 12.6. The highest BCUT2D eigenvalue weighted by Crippen LogP contribution is 2.25. The van der Waals surface area contributed by atoms with E-state index in [1.165, 1.54) is 31.6 Å². The summed E-state index contributed by atoms with van der Waals surface area (Å²) in [6.07, 6.45) is 0.340. The summed E-state index contributed by atoms with van der Waals surface area (Å²) >= 11 is 1.37. The van der Waals surface area contributed by atoms with Crippen LogP contribution in [0.5, 0.6) is 0 Å². The maximum Gasteiger partial charge on any atom is 0.347 e. The second-order valence-corrected chi connectivity index (χ2v) is 6.33. The summed E-state index contributed by atoms with van der Waals surface area (Å²) < 4.78 is 28.1. The average Bonchev–Trinajstić information content (AvgIpc) is 2.98. The predicted molar refractivity (Wildman–Crippen MR) is 68.9 cm³/mol. The van der Waals surface area contributed by atoms with Gasteiger partial charge in [0.1, 0.15) is 6.10 Å². The molecule has 1 unspecified atom stereocenters. The molecule has 0 spiro atoms. The van der Waals surface area contributed by atoms with Gasteiger partial charge in [-0.15, -0.1) is 11.3 Å². The fourth-order valence-electron chi connectivity index (χ4n) is 1.41. The van der Waals surface area contributed by atoms with Crippen LogP contribution < -0.4 is 0 Å². The predicted octanol–water partition coefficient (Wildman–Crippen LogP) is 0.735. The quantitative estimate of drug-likeness (QED) is 0.791. The van der Waals surface area contributed by atoms with Crippen LogP contribution in [0.15, 0.2) is 28.9 Å². The molecule has 7 nitrogen and oxygen atoms in total. The number of aliphatic hydroxyl groups is 1. The Bertz CT molecular complexity index is 634. The van der Waals surface area contributed by atoms with Gasteiger partial charge in [-0.3, -0.25) is 0 Å². The smallest absolute Gasteiger partial charge is 0.347 e. The van der Waals surface area contributed by atoms with Crippen molar-refractivity contribution in [1.82, 2.24) is 15.0 Å². The Morgan fingerprint density at radius 1 is 1.53 bits per heavy atom. The number of aromatic nitrogens is 2. The zero-order valence-corrected chi connectivity index (χ0v) is 11.9. The van der Waals surface area contributed by atoms with Gasteiger partial charge in [0.05, 0.1) is 11.9 Å². The van der Waals surface area contributed by atoms with E-state index in [0.29, 0.717) is 10.6 Å². The number of nitrogens with zero attached hydrogens (tertiary/aromatic N) is 2. The normalized spacial score (nSPS) is 13.9. The van der Waals surface area contributed by atoms with Gasteiger partial charge in [0, 0.05) is 19.0 Å². The van der Waals surface area contributed by atoms with Gasteiger partial charge in [0.2, 0.25) is 0 Å². The molecule has 0 saturated carbocycles. The summed E-state index contributed by atoms with van der Waals surface area (Å²) in [6, 6.07) is 3.55. The summed E-state index contributed by atoms with van der Waals surface area (Å²) in [5.74, 6) is 0. The van der Waals surface area contributed by atoms with Crippen molar-refractivity contribution in [2.75, 3.05) is 14.1 Å². The molecule has 0 bridgehead atoms. The maximum absolute atomic E-state index is 11.7. The number of thiophene rings is 1. The highest BCUT2D eigenvalue weighted by atomic mass is 32.2. The molecule has 104 valence electrons. The van der Waals surface area contributed by atoms with Crippen molar-refractivity contribution in [2.24, 2.45) is 0 Å². The average molecular weight is 303 g/mol. The van der Waals surface area contributed by atoms with Crippen LogP contribution in [0.3, 0.4) is 0 Å². The van der Waals surface area contributed by atoms with Crippen LogP contribution in [0.2, 0.25) is 0 Å². The molecule has 0 aliphatic heterocycles. The Kier molecular flexibility index (Phi) is 4.02. The molecule has 2 aromatic rings. The van der Waals surface area contributed by atoms with E-state index in [4.69, 9.17) is 0 Å². The Labute approximate surface area is 114 Å². The first-order chi connectivity index (χ1) is 8.90. The van der Waals surface area contributed by atoms with Crippen molar-refractivity contribution in [3.63, 3.8) is 0 Å². The third-order valence-corrected chi connectivity index (χ3v) is 4.26. The third kappa shape index (κ3) is 3.19. The molecular formula is C10H13N3O4S2. The first kappa shape index (κ1) is 14.2. The molecule has 2 heterocycles. The van der Waals surface area contributed by atoms with E-state index in [9.17, 15) is 13.5 Å². The second kappa shape index (κ2) is 5.39. The van der Waals surface area contributed by atoms with Gasteiger partial charge in [0.15, 0.2) is 0 Å². The molecule has 0 saturated heterocycles. The van der Waals surface area contributed by atoms with Crippen molar-refractivity contribution in [1.29, 1.82) is 0 Å². The molecule has 0 aliphatic rings. The maximum atomic E-state index is 11.7. The summed E-state index contributed by atoms with van der Waals surface area (Å²) in [6.45, 7) is 0. The number of hydroxylamine groups is 2. The SMILES string of the molecule is CN(C)OS(=O)(=O)c1ncc(C(O)c2cccs2)[nH]1. The molecular weight excluding hydrogens is 290 g/mol. The lowest BCUT2D eigenvalue weighted by molar-refractivity contribution is 0.00436. The Morgan fingerprint density at radius 3 is 2.84 bits per heavy atom. The molecule has 9 heteroatoms. The molecule has 0 aromatic carbocycles. The molecule has 0 amide bonds. The van der Waals surface area contributed by atoms with Crippen LogP contribution in [0.4, 0.5) is 0 Å². The monoisotopic (exact) mass is 303 g/mol. The van der Waals surface area contributed by atoms with Gasteiger partial charge in [-0.2, -0.15) is 17.8 Å². The highest BCUT2D eigenvalue weighted by molar-refractivity contribution is 7.86. The number of aliphatic hydroxyl groups excluding tert-OH is 1. The van der Waals surface area contributed by atoms with Gasteiger partial charge in [-0.1, -0.05) is 6.07 Å². The third-order valence-electron chi connectivity index (χ3n) is 2.16. The van der Waals surface area contributed by atoms with Crippen LogP contribution in [0.1, 0.15) is 16.7 Å². The van der Waals surface area contributed by atoms with Crippen LogP contribution >= 0.6 is 11.3 Å². The minimum Gasteiger partial charge on any atom is -0.381 e. The summed E-state index contributed by atoms with van der Waals surface area (Å²) in [5.41, 5.74) is 0.295. The van der Waals surface area contributed by atoms with Gasteiger partial charge >= 0.3 is 10.1 Å². The number of nitrogens with one attached hydrogen (secondary N) is 1. The van der Waals surface area contributed by atoms with E-state index in [0.717, 1.165) is 5.06 Å². The lowest BCUT2D eigenvalue weighted by Gasteiger charge is -2.08. The van der Waals surface area contributed by atoms with Crippen molar-refractivity contribution < 1.29 is 17.8 Å². The first-order valence-electron chi connectivity index (χ1n) is 5.28. The number of rotatable bonds is 5. The minimum atomic E-state index is -3.99. The Balaban J connectivity index is 2.24. The lowest BCUT2D eigenvalue weighted by Crippen LogP contribution is -2.20. The van der Waals surface area contributed by atoms with Gasteiger partial charge in [-0.25, -0.2) is 4.98 Å². The van der Waals surface area contributed by atoms with Gasteiger partial charge in [0.25, 0.3) is 5.16 Å². The van der Waals surface area contributed by atoms with Crippen molar-refractivity contribution in [3.05, 3.63) is 34.3 Å². The summed E-state index contributed by atoms with van der Waals surface area (Å²) in [7, 11) is -1.10. The van der Waals surface area contributed by atoms with Crippen molar-refractivity contribution in [3.8, 4) is 0 Å². The zero-order chi connectivity index (χ0) is 14.0. The molecule has 2 N–H and O–H groups in total. The van der Waals surface area contributed by atoms with Crippen LogP contribution in [-0.4, -0.2) is 42.7 Å². The van der Waals surface area contributed by atoms with Gasteiger partial charge in [-0.05, 0) is 11.4 Å².